The molecule has 0 bridgehead atoms. The van der Waals surface area contributed by atoms with E-state index in [0.29, 0.717) is 0 Å². The molecule has 0 saturated carbocycles. The average molecular weight is 378 g/mol. The van der Waals surface area contributed by atoms with E-state index in [9.17, 15) is 0 Å². The standard InChI is InChI=1S/C21H20ClN5/c1-13-20-16(3-5-24-13)18-12-15(22)11-17(21(18)26-20)14-2-4-25-19(10-14)27-8-6-23-7-9-27/h2-5,10-12,23,26H,6-9H2,1H3. The minimum absolute atomic E-state index is 0.730. The Morgan fingerprint density at radius 3 is 2.63 bits per heavy atom. The fraction of sp³-hybridized carbons (Fsp3) is 0.238. The van der Waals surface area contributed by atoms with E-state index < -0.39 is 0 Å². The Kier molecular flexibility index (Phi) is 3.99. The molecule has 136 valence electrons. The van der Waals surface area contributed by atoms with Gasteiger partial charge in [-0.3, -0.25) is 4.98 Å². The van der Waals surface area contributed by atoms with E-state index in [-0.39, 0.29) is 0 Å². The number of nitrogens with one attached hydrogen (secondary N) is 2. The molecular formula is C21H20ClN5. The number of anilines is 1. The number of aryl methyl sites for hydroxylation is 1. The van der Waals surface area contributed by atoms with Crippen molar-refractivity contribution in [2.24, 2.45) is 0 Å². The summed E-state index contributed by atoms with van der Waals surface area (Å²) in [5.74, 6) is 1.01. The fourth-order valence-electron chi connectivity index (χ4n) is 3.91. The van der Waals surface area contributed by atoms with Crippen molar-refractivity contribution in [2.75, 3.05) is 31.1 Å². The zero-order valence-electron chi connectivity index (χ0n) is 15.1. The highest BCUT2D eigenvalue weighted by Crippen LogP contribution is 2.37. The molecule has 1 aliphatic heterocycles. The van der Waals surface area contributed by atoms with Gasteiger partial charge in [0.15, 0.2) is 0 Å². The lowest BCUT2D eigenvalue weighted by atomic mass is 10.0. The summed E-state index contributed by atoms with van der Waals surface area (Å²) in [5, 5.41) is 6.39. The number of aromatic nitrogens is 3. The van der Waals surface area contributed by atoms with E-state index in [2.05, 4.69) is 31.2 Å². The molecule has 27 heavy (non-hydrogen) atoms. The van der Waals surface area contributed by atoms with Gasteiger partial charge in [0, 0.05) is 59.9 Å². The average Bonchev–Trinajstić information content (AvgIpc) is 3.08. The lowest BCUT2D eigenvalue weighted by molar-refractivity contribution is 0.585. The zero-order chi connectivity index (χ0) is 18.4. The monoisotopic (exact) mass is 377 g/mol. The first-order chi connectivity index (χ1) is 13.2. The SMILES string of the molecule is Cc1nccc2c1[nH]c1c(-c3ccnc(N4CCNCC4)c3)cc(Cl)cc12. The summed E-state index contributed by atoms with van der Waals surface area (Å²) in [4.78, 5) is 14.9. The number of aromatic amines is 1. The van der Waals surface area contributed by atoms with Crippen LogP contribution in [0, 0.1) is 6.92 Å². The van der Waals surface area contributed by atoms with Gasteiger partial charge >= 0.3 is 0 Å². The molecule has 0 spiro atoms. The van der Waals surface area contributed by atoms with Crippen LogP contribution in [0.2, 0.25) is 5.02 Å². The number of rotatable bonds is 2. The van der Waals surface area contributed by atoms with Crippen LogP contribution in [0.4, 0.5) is 5.82 Å². The molecule has 1 aliphatic rings. The van der Waals surface area contributed by atoms with Gasteiger partial charge in [-0.15, -0.1) is 0 Å². The van der Waals surface area contributed by atoms with Gasteiger partial charge in [-0.25, -0.2) is 4.98 Å². The van der Waals surface area contributed by atoms with Gasteiger partial charge < -0.3 is 15.2 Å². The highest BCUT2D eigenvalue weighted by atomic mass is 35.5. The second-order valence-corrected chi connectivity index (χ2v) is 7.40. The van der Waals surface area contributed by atoms with Crippen LogP contribution in [0.5, 0.6) is 0 Å². The van der Waals surface area contributed by atoms with E-state index in [0.717, 1.165) is 75.6 Å². The van der Waals surface area contributed by atoms with Crippen molar-refractivity contribution in [2.45, 2.75) is 6.92 Å². The number of piperazine rings is 1. The topological polar surface area (TPSA) is 56.8 Å². The third-order valence-corrected chi connectivity index (χ3v) is 5.50. The molecule has 1 saturated heterocycles. The Bertz CT molecular complexity index is 1140. The van der Waals surface area contributed by atoms with Gasteiger partial charge in [-0.2, -0.15) is 0 Å². The zero-order valence-corrected chi connectivity index (χ0v) is 15.8. The number of nitrogens with zero attached hydrogens (tertiary/aromatic N) is 3. The lowest BCUT2D eigenvalue weighted by Gasteiger charge is -2.28. The molecule has 1 fully saturated rings. The van der Waals surface area contributed by atoms with Gasteiger partial charge in [0.1, 0.15) is 5.82 Å². The van der Waals surface area contributed by atoms with Crippen LogP contribution in [-0.2, 0) is 0 Å². The van der Waals surface area contributed by atoms with Crippen LogP contribution in [0.25, 0.3) is 32.9 Å². The fourth-order valence-corrected chi connectivity index (χ4v) is 4.13. The Hall–Kier alpha value is -2.63. The Morgan fingerprint density at radius 2 is 1.78 bits per heavy atom. The molecule has 5 rings (SSSR count). The van der Waals surface area contributed by atoms with Crippen molar-refractivity contribution in [1.82, 2.24) is 20.3 Å². The highest BCUT2D eigenvalue weighted by Gasteiger charge is 2.16. The number of hydrogen-bond acceptors (Lipinski definition) is 4. The maximum atomic E-state index is 6.50. The van der Waals surface area contributed by atoms with Crippen molar-refractivity contribution in [3.05, 3.63) is 53.4 Å². The van der Waals surface area contributed by atoms with E-state index in [1.807, 2.05) is 43.6 Å². The molecule has 0 amide bonds. The van der Waals surface area contributed by atoms with Crippen molar-refractivity contribution >= 4 is 39.2 Å². The van der Waals surface area contributed by atoms with Gasteiger partial charge in [0.25, 0.3) is 0 Å². The molecule has 1 aromatic carbocycles. The molecule has 0 atom stereocenters. The van der Waals surface area contributed by atoms with Crippen LogP contribution in [0.3, 0.4) is 0 Å². The molecule has 5 nitrogen and oxygen atoms in total. The molecule has 4 aromatic rings. The van der Waals surface area contributed by atoms with Gasteiger partial charge in [-0.05, 0) is 42.8 Å². The first-order valence-electron chi connectivity index (χ1n) is 9.19. The number of fused-ring (bicyclic) bond motifs is 3. The molecule has 3 aromatic heterocycles. The molecule has 6 heteroatoms. The molecule has 0 unspecified atom stereocenters. The second-order valence-electron chi connectivity index (χ2n) is 6.96. The summed E-state index contributed by atoms with van der Waals surface area (Å²) in [7, 11) is 0. The third-order valence-electron chi connectivity index (χ3n) is 5.28. The van der Waals surface area contributed by atoms with Crippen molar-refractivity contribution in [3.8, 4) is 11.1 Å². The molecule has 4 heterocycles. The van der Waals surface area contributed by atoms with E-state index in [1.165, 1.54) is 0 Å². The van der Waals surface area contributed by atoms with Gasteiger partial charge in [0.2, 0.25) is 0 Å². The summed E-state index contributed by atoms with van der Waals surface area (Å²) in [5.41, 5.74) is 5.34. The summed E-state index contributed by atoms with van der Waals surface area (Å²) in [6, 6.07) is 10.3. The molecular weight excluding hydrogens is 358 g/mol. The third kappa shape index (κ3) is 2.83. The van der Waals surface area contributed by atoms with Crippen molar-refractivity contribution < 1.29 is 0 Å². The number of halogens is 1. The van der Waals surface area contributed by atoms with Crippen LogP contribution in [-0.4, -0.2) is 41.1 Å². The quantitative estimate of drug-likeness (QED) is 0.551. The minimum atomic E-state index is 0.730. The van der Waals surface area contributed by atoms with Crippen molar-refractivity contribution in [1.29, 1.82) is 0 Å². The maximum absolute atomic E-state index is 6.50. The first kappa shape index (κ1) is 16.5. The normalized spacial score (nSPS) is 15.0. The Balaban J connectivity index is 1.71. The Labute approximate surface area is 162 Å². The lowest BCUT2D eigenvalue weighted by Crippen LogP contribution is -2.43. The highest BCUT2D eigenvalue weighted by molar-refractivity contribution is 6.32. The van der Waals surface area contributed by atoms with Crippen LogP contribution < -0.4 is 10.2 Å². The van der Waals surface area contributed by atoms with Crippen molar-refractivity contribution in [3.63, 3.8) is 0 Å². The number of pyridine rings is 2. The second kappa shape index (κ2) is 6.51. The van der Waals surface area contributed by atoms with E-state index in [1.54, 1.807) is 0 Å². The summed E-state index contributed by atoms with van der Waals surface area (Å²) >= 11 is 6.50. The molecule has 0 radical (unpaired) electrons. The van der Waals surface area contributed by atoms with Crippen LogP contribution in [0.1, 0.15) is 5.69 Å². The summed E-state index contributed by atoms with van der Waals surface area (Å²) in [6.07, 6.45) is 3.73. The predicted molar refractivity (Wildman–Crippen MR) is 112 cm³/mol. The van der Waals surface area contributed by atoms with E-state index >= 15 is 0 Å². The summed E-state index contributed by atoms with van der Waals surface area (Å²) in [6.45, 7) is 5.94. The van der Waals surface area contributed by atoms with E-state index in [4.69, 9.17) is 11.6 Å². The molecule has 0 aliphatic carbocycles. The number of benzene rings is 1. The number of H-pyrrole nitrogens is 1. The minimum Gasteiger partial charge on any atom is -0.354 e. The smallest absolute Gasteiger partial charge is 0.129 e. The maximum Gasteiger partial charge on any atom is 0.129 e. The predicted octanol–water partition coefficient (Wildman–Crippen LogP) is 4.15. The largest absolute Gasteiger partial charge is 0.354 e. The van der Waals surface area contributed by atoms with Crippen LogP contribution >= 0.6 is 11.6 Å². The van der Waals surface area contributed by atoms with Gasteiger partial charge in [-0.1, -0.05) is 11.6 Å². The number of hydrogen-bond donors (Lipinski definition) is 2. The Morgan fingerprint density at radius 1 is 0.963 bits per heavy atom. The van der Waals surface area contributed by atoms with Gasteiger partial charge in [0.05, 0.1) is 16.7 Å². The first-order valence-corrected chi connectivity index (χ1v) is 9.57. The molecule has 2 N–H and O–H groups in total. The summed E-state index contributed by atoms with van der Waals surface area (Å²) < 4.78 is 0. The van der Waals surface area contributed by atoms with Crippen LogP contribution in [0.15, 0.2) is 42.7 Å².